The maximum Gasteiger partial charge on any atom is 0.259 e. The highest BCUT2D eigenvalue weighted by atomic mass is 35.5. The first-order valence-electron chi connectivity index (χ1n) is 7.07. The molecule has 1 aliphatic heterocycles. The van der Waals surface area contributed by atoms with Crippen molar-refractivity contribution in [2.24, 2.45) is 0 Å². The van der Waals surface area contributed by atoms with Crippen LogP contribution in [0.15, 0.2) is 47.4 Å². The highest BCUT2D eigenvalue weighted by molar-refractivity contribution is 7.89. The van der Waals surface area contributed by atoms with Crippen LogP contribution in [0.3, 0.4) is 0 Å². The number of halogens is 1. The SMILES string of the molecule is CNS(=O)(=O)c1ccc2c(c1)CCN2C(=O)c1ccccc1Cl. The fourth-order valence-electron chi connectivity index (χ4n) is 2.65. The molecule has 0 bridgehead atoms. The minimum absolute atomic E-state index is 0.182. The van der Waals surface area contributed by atoms with Crippen molar-refractivity contribution in [3.63, 3.8) is 0 Å². The van der Waals surface area contributed by atoms with Crippen LogP contribution in [0, 0.1) is 0 Å². The summed E-state index contributed by atoms with van der Waals surface area (Å²) in [5, 5.41) is 0.403. The predicted octanol–water partition coefficient (Wildman–Crippen LogP) is 2.45. The van der Waals surface area contributed by atoms with Gasteiger partial charge in [0, 0.05) is 12.2 Å². The van der Waals surface area contributed by atoms with Crippen molar-refractivity contribution in [2.45, 2.75) is 11.3 Å². The van der Waals surface area contributed by atoms with Crippen molar-refractivity contribution < 1.29 is 13.2 Å². The molecule has 7 heteroatoms. The van der Waals surface area contributed by atoms with Gasteiger partial charge in [-0.1, -0.05) is 23.7 Å². The smallest absolute Gasteiger partial charge is 0.259 e. The number of rotatable bonds is 3. The van der Waals surface area contributed by atoms with Crippen LogP contribution in [-0.4, -0.2) is 27.9 Å². The minimum Gasteiger partial charge on any atom is -0.308 e. The Bertz CT molecular complexity index is 881. The average Bonchev–Trinajstić information content (AvgIpc) is 2.97. The van der Waals surface area contributed by atoms with E-state index in [1.807, 2.05) is 0 Å². The van der Waals surface area contributed by atoms with Gasteiger partial charge in [-0.05, 0) is 49.4 Å². The molecule has 0 radical (unpaired) electrons. The fraction of sp³-hybridized carbons (Fsp3) is 0.188. The summed E-state index contributed by atoms with van der Waals surface area (Å²) in [6.45, 7) is 0.502. The Morgan fingerprint density at radius 1 is 1.22 bits per heavy atom. The van der Waals surface area contributed by atoms with Crippen LogP contribution < -0.4 is 9.62 Å². The molecule has 2 aromatic carbocycles. The molecule has 1 amide bonds. The molecular weight excluding hydrogens is 336 g/mol. The molecule has 0 saturated heterocycles. The fourth-order valence-corrected chi connectivity index (χ4v) is 3.65. The molecule has 0 aliphatic carbocycles. The van der Waals surface area contributed by atoms with E-state index in [1.165, 1.54) is 13.1 Å². The Hall–Kier alpha value is -1.89. The second-order valence-corrected chi connectivity index (χ2v) is 7.48. The third kappa shape index (κ3) is 2.85. The topological polar surface area (TPSA) is 66.5 Å². The Morgan fingerprint density at radius 3 is 2.65 bits per heavy atom. The molecule has 1 heterocycles. The molecule has 0 unspecified atom stereocenters. The third-order valence-electron chi connectivity index (χ3n) is 3.87. The molecule has 1 aliphatic rings. The second kappa shape index (κ2) is 5.96. The summed E-state index contributed by atoms with van der Waals surface area (Å²) in [6, 6.07) is 11.7. The van der Waals surface area contributed by atoms with Gasteiger partial charge >= 0.3 is 0 Å². The van der Waals surface area contributed by atoms with Gasteiger partial charge in [-0.2, -0.15) is 0 Å². The minimum atomic E-state index is -3.49. The van der Waals surface area contributed by atoms with Crippen LogP contribution in [0.1, 0.15) is 15.9 Å². The van der Waals surface area contributed by atoms with Crippen LogP contribution in [0.25, 0.3) is 0 Å². The molecule has 0 saturated carbocycles. The zero-order valence-corrected chi connectivity index (χ0v) is 14.0. The number of carbonyl (C=O) groups excluding carboxylic acids is 1. The lowest BCUT2D eigenvalue weighted by molar-refractivity contribution is 0.0989. The first-order chi connectivity index (χ1) is 10.9. The van der Waals surface area contributed by atoms with Gasteiger partial charge in [-0.15, -0.1) is 0 Å². The summed E-state index contributed by atoms with van der Waals surface area (Å²) in [7, 11) is -2.12. The lowest BCUT2D eigenvalue weighted by atomic mass is 10.1. The first-order valence-corrected chi connectivity index (χ1v) is 8.93. The van der Waals surface area contributed by atoms with E-state index in [2.05, 4.69) is 4.72 Å². The molecule has 0 fully saturated rings. The van der Waals surface area contributed by atoms with Gasteiger partial charge in [0.1, 0.15) is 0 Å². The number of carbonyl (C=O) groups is 1. The van der Waals surface area contributed by atoms with Gasteiger partial charge in [0.05, 0.1) is 15.5 Å². The number of anilines is 1. The number of hydrogen-bond donors (Lipinski definition) is 1. The van der Waals surface area contributed by atoms with Crippen molar-refractivity contribution in [2.75, 3.05) is 18.5 Å². The lowest BCUT2D eigenvalue weighted by Crippen LogP contribution is -2.29. The van der Waals surface area contributed by atoms with E-state index in [1.54, 1.807) is 41.3 Å². The van der Waals surface area contributed by atoms with Crippen LogP contribution in [-0.2, 0) is 16.4 Å². The van der Waals surface area contributed by atoms with Crippen molar-refractivity contribution in [3.05, 3.63) is 58.6 Å². The van der Waals surface area contributed by atoms with Gasteiger partial charge in [0.25, 0.3) is 5.91 Å². The van der Waals surface area contributed by atoms with Crippen molar-refractivity contribution in [1.82, 2.24) is 4.72 Å². The van der Waals surface area contributed by atoms with Gasteiger partial charge in [0.15, 0.2) is 0 Å². The quantitative estimate of drug-likeness (QED) is 0.924. The zero-order valence-electron chi connectivity index (χ0n) is 12.4. The van der Waals surface area contributed by atoms with E-state index in [0.29, 0.717) is 23.6 Å². The number of fused-ring (bicyclic) bond motifs is 1. The average molecular weight is 351 g/mol. The van der Waals surface area contributed by atoms with Gasteiger partial charge in [-0.25, -0.2) is 13.1 Å². The number of nitrogens with one attached hydrogen (secondary N) is 1. The molecule has 0 atom stereocenters. The van der Waals surface area contributed by atoms with Crippen molar-refractivity contribution in [1.29, 1.82) is 0 Å². The van der Waals surface area contributed by atoms with Crippen LogP contribution in [0.4, 0.5) is 5.69 Å². The maximum atomic E-state index is 12.7. The van der Waals surface area contributed by atoms with Crippen LogP contribution in [0.2, 0.25) is 5.02 Å². The standard InChI is InChI=1S/C16H15ClN2O3S/c1-18-23(21,22)12-6-7-15-11(10-12)8-9-19(15)16(20)13-4-2-3-5-14(13)17/h2-7,10,18H,8-9H2,1H3. The molecule has 120 valence electrons. The molecule has 3 rings (SSSR count). The molecule has 23 heavy (non-hydrogen) atoms. The summed E-state index contributed by atoms with van der Waals surface area (Å²) in [5.41, 5.74) is 2.00. The van der Waals surface area contributed by atoms with E-state index in [4.69, 9.17) is 11.6 Å². The van der Waals surface area contributed by atoms with Gasteiger partial charge < -0.3 is 4.90 Å². The summed E-state index contributed by atoms with van der Waals surface area (Å²) in [6.07, 6.45) is 0.610. The summed E-state index contributed by atoms with van der Waals surface area (Å²) in [4.78, 5) is 14.5. The monoisotopic (exact) mass is 350 g/mol. The Kier molecular flexibility index (Phi) is 4.14. The van der Waals surface area contributed by atoms with Crippen LogP contribution >= 0.6 is 11.6 Å². The highest BCUT2D eigenvalue weighted by Crippen LogP contribution is 2.32. The van der Waals surface area contributed by atoms with E-state index >= 15 is 0 Å². The summed E-state index contributed by atoms with van der Waals surface area (Å²) in [5.74, 6) is -0.182. The molecule has 5 nitrogen and oxygen atoms in total. The lowest BCUT2D eigenvalue weighted by Gasteiger charge is -2.18. The van der Waals surface area contributed by atoms with E-state index < -0.39 is 10.0 Å². The number of sulfonamides is 1. The summed E-state index contributed by atoms with van der Waals surface area (Å²) >= 11 is 6.09. The molecular formula is C16H15ClN2O3S. The zero-order chi connectivity index (χ0) is 16.6. The van der Waals surface area contributed by atoms with Gasteiger partial charge in [-0.3, -0.25) is 4.79 Å². The molecule has 0 aromatic heterocycles. The Balaban J connectivity index is 1.97. The normalized spacial score (nSPS) is 13.9. The third-order valence-corrected chi connectivity index (χ3v) is 5.62. The van der Waals surface area contributed by atoms with Crippen molar-refractivity contribution in [3.8, 4) is 0 Å². The first kappa shape index (κ1) is 16.0. The largest absolute Gasteiger partial charge is 0.308 e. The van der Waals surface area contributed by atoms with E-state index in [-0.39, 0.29) is 10.8 Å². The summed E-state index contributed by atoms with van der Waals surface area (Å²) < 4.78 is 26.0. The van der Waals surface area contributed by atoms with E-state index in [0.717, 1.165) is 11.3 Å². The van der Waals surface area contributed by atoms with Crippen LogP contribution in [0.5, 0.6) is 0 Å². The van der Waals surface area contributed by atoms with Gasteiger partial charge in [0.2, 0.25) is 10.0 Å². The number of nitrogens with zero attached hydrogens (tertiary/aromatic N) is 1. The maximum absolute atomic E-state index is 12.7. The second-order valence-electron chi connectivity index (χ2n) is 5.18. The van der Waals surface area contributed by atoms with E-state index in [9.17, 15) is 13.2 Å². The predicted molar refractivity (Wildman–Crippen MR) is 89.5 cm³/mol. The molecule has 1 N–H and O–H groups in total. The highest BCUT2D eigenvalue weighted by Gasteiger charge is 2.28. The molecule has 0 spiro atoms. The number of benzene rings is 2. The Morgan fingerprint density at radius 2 is 1.96 bits per heavy atom. The Labute approximate surface area is 139 Å². The van der Waals surface area contributed by atoms with Crippen molar-refractivity contribution >= 4 is 33.2 Å². The number of hydrogen-bond acceptors (Lipinski definition) is 3. The molecule has 2 aromatic rings. The number of amides is 1.